The minimum atomic E-state index is -0.426. The molecule has 1 aliphatic heterocycles. The van der Waals surface area contributed by atoms with Gasteiger partial charge in [-0.3, -0.25) is 9.59 Å². The third kappa shape index (κ3) is 3.10. The predicted octanol–water partition coefficient (Wildman–Crippen LogP) is 2.27. The summed E-state index contributed by atoms with van der Waals surface area (Å²) in [7, 11) is 0. The van der Waals surface area contributed by atoms with Gasteiger partial charge in [-0.1, -0.05) is 13.3 Å². The first-order valence-corrected chi connectivity index (χ1v) is 8.24. The number of hydrogen-bond donors (Lipinski definition) is 1. The van der Waals surface area contributed by atoms with Gasteiger partial charge in [-0.2, -0.15) is 0 Å². The second-order valence-electron chi connectivity index (χ2n) is 5.83. The number of rotatable bonds is 4. The molecule has 6 heteroatoms. The maximum Gasteiger partial charge on any atom is 0.265 e. The smallest absolute Gasteiger partial charge is 0.265 e. The van der Waals surface area contributed by atoms with Crippen molar-refractivity contribution in [2.45, 2.75) is 46.5 Å². The van der Waals surface area contributed by atoms with Crippen molar-refractivity contribution in [1.82, 2.24) is 9.88 Å². The number of amides is 2. The fourth-order valence-electron chi connectivity index (χ4n) is 3.11. The van der Waals surface area contributed by atoms with Gasteiger partial charge in [0.05, 0.1) is 16.1 Å². The Hall–Kier alpha value is -1.43. The molecule has 2 N–H and O–H groups in total. The van der Waals surface area contributed by atoms with E-state index in [4.69, 9.17) is 5.73 Å². The van der Waals surface area contributed by atoms with Gasteiger partial charge in [0, 0.05) is 13.1 Å². The third-order valence-electron chi connectivity index (χ3n) is 4.36. The molecule has 0 saturated carbocycles. The van der Waals surface area contributed by atoms with Crippen molar-refractivity contribution in [2.75, 3.05) is 13.1 Å². The number of aryl methyl sites for hydroxylation is 2. The topological polar surface area (TPSA) is 76.3 Å². The third-order valence-corrected chi connectivity index (χ3v) is 5.42. The Morgan fingerprint density at radius 1 is 1.33 bits per heavy atom. The van der Waals surface area contributed by atoms with Crippen molar-refractivity contribution in [3.8, 4) is 0 Å². The summed E-state index contributed by atoms with van der Waals surface area (Å²) in [5.74, 6) is -0.186. The van der Waals surface area contributed by atoms with Crippen LogP contribution in [0, 0.1) is 19.3 Å². The van der Waals surface area contributed by atoms with Crippen LogP contribution in [0.1, 0.15) is 53.0 Å². The van der Waals surface area contributed by atoms with Crippen LogP contribution in [-0.4, -0.2) is 34.8 Å². The average Bonchev–Trinajstić information content (AvgIpc) is 2.78. The number of primary amides is 1. The lowest BCUT2D eigenvalue weighted by Gasteiger charge is -2.39. The SMILES string of the molecule is CCCC1(C(N)=O)CCN(C(=O)c2sc(C)nc2C)CC1. The summed E-state index contributed by atoms with van der Waals surface area (Å²) < 4.78 is 0. The zero-order valence-corrected chi connectivity index (χ0v) is 13.8. The fraction of sp³-hybridized carbons (Fsp3) is 0.667. The molecule has 2 amide bonds. The quantitative estimate of drug-likeness (QED) is 0.927. The Kier molecular flexibility index (Phi) is 4.66. The van der Waals surface area contributed by atoms with Crippen molar-refractivity contribution in [3.05, 3.63) is 15.6 Å². The second kappa shape index (κ2) is 6.13. The molecule has 1 aromatic rings. The van der Waals surface area contributed by atoms with E-state index in [1.165, 1.54) is 11.3 Å². The molecule has 116 valence electrons. The van der Waals surface area contributed by atoms with Gasteiger partial charge < -0.3 is 10.6 Å². The molecule has 2 heterocycles. The highest BCUT2D eigenvalue weighted by molar-refractivity contribution is 7.13. The number of aromatic nitrogens is 1. The molecule has 0 aliphatic carbocycles. The number of likely N-dealkylation sites (tertiary alicyclic amines) is 1. The van der Waals surface area contributed by atoms with Crippen LogP contribution in [0.4, 0.5) is 0 Å². The molecule has 0 atom stereocenters. The van der Waals surface area contributed by atoms with Gasteiger partial charge in [-0.15, -0.1) is 11.3 Å². The fourth-order valence-corrected chi connectivity index (χ4v) is 4.00. The molecule has 21 heavy (non-hydrogen) atoms. The number of hydrogen-bond acceptors (Lipinski definition) is 4. The van der Waals surface area contributed by atoms with Gasteiger partial charge in [-0.05, 0) is 33.1 Å². The van der Waals surface area contributed by atoms with Crippen LogP contribution < -0.4 is 5.73 Å². The lowest BCUT2D eigenvalue weighted by Crippen LogP contribution is -2.48. The molecule has 0 unspecified atom stereocenters. The van der Waals surface area contributed by atoms with E-state index < -0.39 is 5.41 Å². The van der Waals surface area contributed by atoms with E-state index in [1.807, 2.05) is 18.7 Å². The normalized spacial score (nSPS) is 17.8. The van der Waals surface area contributed by atoms with Crippen molar-refractivity contribution in [2.24, 2.45) is 11.1 Å². The highest BCUT2D eigenvalue weighted by atomic mass is 32.1. The highest BCUT2D eigenvalue weighted by Gasteiger charge is 2.40. The highest BCUT2D eigenvalue weighted by Crippen LogP contribution is 2.36. The number of piperidine rings is 1. The van der Waals surface area contributed by atoms with E-state index >= 15 is 0 Å². The number of carbonyl (C=O) groups excluding carboxylic acids is 2. The van der Waals surface area contributed by atoms with Crippen LogP contribution in [-0.2, 0) is 4.79 Å². The molecule has 5 nitrogen and oxygen atoms in total. The summed E-state index contributed by atoms with van der Waals surface area (Å²) in [4.78, 5) is 31.2. The van der Waals surface area contributed by atoms with Crippen molar-refractivity contribution in [1.29, 1.82) is 0 Å². The molecule has 2 rings (SSSR count). The largest absolute Gasteiger partial charge is 0.369 e. The minimum Gasteiger partial charge on any atom is -0.369 e. The molecule has 1 saturated heterocycles. The van der Waals surface area contributed by atoms with E-state index in [9.17, 15) is 9.59 Å². The summed E-state index contributed by atoms with van der Waals surface area (Å²) in [6.07, 6.45) is 3.07. The Morgan fingerprint density at radius 2 is 1.95 bits per heavy atom. The van der Waals surface area contributed by atoms with E-state index in [-0.39, 0.29) is 11.8 Å². The summed E-state index contributed by atoms with van der Waals surface area (Å²) in [6, 6.07) is 0. The maximum atomic E-state index is 12.6. The lowest BCUT2D eigenvalue weighted by atomic mass is 9.74. The van der Waals surface area contributed by atoms with Crippen molar-refractivity contribution in [3.63, 3.8) is 0 Å². The zero-order valence-electron chi connectivity index (χ0n) is 12.9. The average molecular weight is 309 g/mol. The van der Waals surface area contributed by atoms with Crippen molar-refractivity contribution >= 4 is 23.2 Å². The standard InChI is InChI=1S/C15H23N3O2S/c1-4-5-15(14(16)20)6-8-18(9-7-15)13(19)12-10(2)17-11(3)21-12/h4-9H2,1-3H3,(H2,16,20). The van der Waals surface area contributed by atoms with E-state index in [0.29, 0.717) is 25.9 Å². The first-order valence-electron chi connectivity index (χ1n) is 7.43. The van der Waals surface area contributed by atoms with Gasteiger partial charge in [-0.25, -0.2) is 4.98 Å². The van der Waals surface area contributed by atoms with Gasteiger partial charge in [0.15, 0.2) is 0 Å². The van der Waals surface area contributed by atoms with Gasteiger partial charge >= 0.3 is 0 Å². The lowest BCUT2D eigenvalue weighted by molar-refractivity contribution is -0.130. The van der Waals surface area contributed by atoms with Crippen LogP contribution in [0.3, 0.4) is 0 Å². The first kappa shape index (κ1) is 15.9. The Labute approximate surface area is 129 Å². The molecular formula is C15H23N3O2S. The first-order chi connectivity index (χ1) is 9.89. The molecule has 0 spiro atoms. The molecule has 0 radical (unpaired) electrons. The van der Waals surface area contributed by atoms with Crippen molar-refractivity contribution < 1.29 is 9.59 Å². The van der Waals surface area contributed by atoms with Crippen LogP contribution in [0.25, 0.3) is 0 Å². The number of nitrogens with two attached hydrogens (primary N) is 1. The Balaban J connectivity index is 2.08. The number of carbonyl (C=O) groups is 2. The summed E-state index contributed by atoms with van der Waals surface area (Å²) in [5, 5.41) is 0.908. The second-order valence-corrected chi connectivity index (χ2v) is 7.04. The molecule has 1 aromatic heterocycles. The van der Waals surface area contributed by atoms with Gasteiger partial charge in [0.2, 0.25) is 5.91 Å². The maximum absolute atomic E-state index is 12.6. The van der Waals surface area contributed by atoms with E-state index in [2.05, 4.69) is 11.9 Å². The molecule has 0 bridgehead atoms. The Bertz CT molecular complexity index is 545. The molecule has 0 aromatic carbocycles. The molecular weight excluding hydrogens is 286 g/mol. The van der Waals surface area contributed by atoms with Crippen LogP contribution >= 0.6 is 11.3 Å². The summed E-state index contributed by atoms with van der Waals surface area (Å²) >= 11 is 1.44. The zero-order chi connectivity index (χ0) is 15.6. The molecule has 1 aliphatic rings. The number of nitrogens with zero attached hydrogens (tertiary/aromatic N) is 2. The van der Waals surface area contributed by atoms with Gasteiger partial charge in [0.1, 0.15) is 4.88 Å². The summed E-state index contributed by atoms with van der Waals surface area (Å²) in [5.41, 5.74) is 5.97. The van der Waals surface area contributed by atoms with Crippen LogP contribution in [0.2, 0.25) is 0 Å². The molecule has 1 fully saturated rings. The van der Waals surface area contributed by atoms with Gasteiger partial charge in [0.25, 0.3) is 5.91 Å². The van der Waals surface area contributed by atoms with Crippen LogP contribution in [0.15, 0.2) is 0 Å². The number of thiazole rings is 1. The monoisotopic (exact) mass is 309 g/mol. The van der Waals surface area contributed by atoms with Crippen LogP contribution in [0.5, 0.6) is 0 Å². The predicted molar refractivity (Wildman–Crippen MR) is 83.3 cm³/mol. The van der Waals surface area contributed by atoms with E-state index in [0.717, 1.165) is 28.4 Å². The summed E-state index contributed by atoms with van der Waals surface area (Å²) in [6.45, 7) is 7.03. The van der Waals surface area contributed by atoms with E-state index in [1.54, 1.807) is 0 Å². The Morgan fingerprint density at radius 3 is 2.38 bits per heavy atom. The minimum absolute atomic E-state index is 0.0349.